The normalized spacial score (nSPS) is 12.3. The quantitative estimate of drug-likeness (QED) is 0.112. The number of ether oxygens (including phenoxy) is 2. The van der Waals surface area contributed by atoms with Crippen molar-refractivity contribution in [1.82, 2.24) is 0 Å². The van der Waals surface area contributed by atoms with Crippen LogP contribution in [0.15, 0.2) is 60.4 Å². The summed E-state index contributed by atoms with van der Waals surface area (Å²) >= 11 is 17.0. The number of hydrogen-bond donors (Lipinski definition) is 0. The Morgan fingerprint density at radius 3 is 1.48 bits per heavy atom. The van der Waals surface area contributed by atoms with Crippen molar-refractivity contribution in [3.8, 4) is 11.5 Å². The molecule has 0 atom stereocenters. The van der Waals surface area contributed by atoms with Crippen molar-refractivity contribution < 1.29 is 9.47 Å². The molecule has 0 radical (unpaired) electrons. The smallest absolute Gasteiger partial charge is 0.147 e. The van der Waals surface area contributed by atoms with Gasteiger partial charge in [0.05, 0.1) is 56.8 Å². The van der Waals surface area contributed by atoms with E-state index in [2.05, 4.69) is 166 Å². The van der Waals surface area contributed by atoms with Crippen molar-refractivity contribution >= 4 is 117 Å². The standard InChI is InChI=1S/C34H48Br4O2SSi3/c1-34(2,23-16-28(35)32(29(36)17-23)39-12-10-14-41-3)24-18-30(37)33(31(38)19-24)40-13-11-15-44(8,9)27-21-25(42(4)5)20-26(22-27)43(6)7/h16-22,42-43H,10-15H2,1-9H3. The van der Waals surface area contributed by atoms with Gasteiger partial charge >= 0.3 is 0 Å². The lowest BCUT2D eigenvalue weighted by atomic mass is 9.78. The van der Waals surface area contributed by atoms with Crippen LogP contribution in [0.4, 0.5) is 0 Å². The lowest BCUT2D eigenvalue weighted by molar-refractivity contribution is 0.312. The summed E-state index contributed by atoms with van der Waals surface area (Å²) in [6.45, 7) is 20.8. The van der Waals surface area contributed by atoms with Gasteiger partial charge in [0, 0.05) is 5.41 Å². The molecular formula is C34H48Br4O2SSi3. The summed E-state index contributed by atoms with van der Waals surface area (Å²) in [5.41, 5.74) is 2.15. The minimum Gasteiger partial charge on any atom is -0.491 e. The summed E-state index contributed by atoms with van der Waals surface area (Å²) in [5.74, 6) is 2.83. The van der Waals surface area contributed by atoms with Crippen LogP contribution in [0.25, 0.3) is 0 Å². The Hall–Kier alpha value is 0.181. The second kappa shape index (κ2) is 17.0. The molecular weight excluding hydrogens is 876 g/mol. The molecule has 0 saturated heterocycles. The van der Waals surface area contributed by atoms with Crippen molar-refractivity contribution in [2.45, 2.75) is 77.4 Å². The van der Waals surface area contributed by atoms with Crippen molar-refractivity contribution in [2.24, 2.45) is 0 Å². The number of benzene rings is 3. The molecule has 44 heavy (non-hydrogen) atoms. The molecule has 242 valence electrons. The number of rotatable bonds is 15. The van der Waals surface area contributed by atoms with Gasteiger partial charge in [-0.15, -0.1) is 0 Å². The van der Waals surface area contributed by atoms with Crippen LogP contribution in [0.2, 0.25) is 45.3 Å². The molecule has 0 bridgehead atoms. The van der Waals surface area contributed by atoms with E-state index in [0.717, 1.165) is 48.0 Å². The first-order valence-corrected chi connectivity index (χ1v) is 29.0. The maximum absolute atomic E-state index is 6.41. The van der Waals surface area contributed by atoms with Crippen LogP contribution < -0.4 is 25.0 Å². The Bertz CT molecular complexity index is 1360. The third-order valence-corrected chi connectivity index (χ3v) is 18.3. The fourth-order valence-corrected chi connectivity index (χ4v) is 13.5. The van der Waals surface area contributed by atoms with Gasteiger partial charge in [-0.05, 0) is 124 Å². The van der Waals surface area contributed by atoms with Gasteiger partial charge in [-0.25, -0.2) is 0 Å². The molecule has 3 aromatic carbocycles. The summed E-state index contributed by atoms with van der Waals surface area (Å²) in [4.78, 5) is 0. The van der Waals surface area contributed by atoms with E-state index in [-0.39, 0.29) is 5.41 Å². The van der Waals surface area contributed by atoms with Gasteiger partial charge in [-0.2, -0.15) is 11.8 Å². The Morgan fingerprint density at radius 2 is 1.09 bits per heavy atom. The Labute approximate surface area is 309 Å². The van der Waals surface area contributed by atoms with E-state index in [1.54, 1.807) is 15.6 Å². The largest absolute Gasteiger partial charge is 0.491 e. The van der Waals surface area contributed by atoms with E-state index in [4.69, 9.17) is 9.47 Å². The van der Waals surface area contributed by atoms with Gasteiger partial charge in [0.1, 0.15) is 11.5 Å². The van der Waals surface area contributed by atoms with Crippen LogP contribution in [0.1, 0.15) is 37.8 Å². The molecule has 0 aliphatic carbocycles. The topological polar surface area (TPSA) is 18.5 Å². The Balaban J connectivity index is 1.71. The van der Waals surface area contributed by atoms with Crippen LogP contribution in [0.5, 0.6) is 11.5 Å². The fourth-order valence-electron chi connectivity index (χ4n) is 5.23. The van der Waals surface area contributed by atoms with E-state index in [0.29, 0.717) is 13.2 Å². The van der Waals surface area contributed by atoms with Crippen molar-refractivity contribution in [3.05, 3.63) is 71.5 Å². The van der Waals surface area contributed by atoms with Crippen LogP contribution in [-0.2, 0) is 5.41 Å². The average molecular weight is 925 g/mol. The van der Waals surface area contributed by atoms with E-state index in [1.165, 1.54) is 17.2 Å². The fraction of sp³-hybridized carbons (Fsp3) is 0.471. The van der Waals surface area contributed by atoms with E-state index in [1.807, 2.05) is 11.8 Å². The van der Waals surface area contributed by atoms with Crippen LogP contribution in [0.3, 0.4) is 0 Å². The first-order valence-electron chi connectivity index (χ1n) is 15.5. The van der Waals surface area contributed by atoms with E-state index in [9.17, 15) is 0 Å². The van der Waals surface area contributed by atoms with E-state index < -0.39 is 25.7 Å². The molecule has 0 spiro atoms. The first kappa shape index (κ1) is 38.6. The zero-order valence-corrected chi connectivity index (χ0v) is 38.1. The highest BCUT2D eigenvalue weighted by Gasteiger charge is 2.28. The summed E-state index contributed by atoms with van der Waals surface area (Å²) in [6, 6.07) is 17.6. The maximum atomic E-state index is 6.41. The van der Waals surface area contributed by atoms with Crippen molar-refractivity contribution in [1.29, 1.82) is 0 Å². The number of halogens is 4. The molecule has 2 nitrogen and oxygen atoms in total. The second-order valence-corrected chi connectivity index (χ2v) is 28.6. The molecule has 0 fully saturated rings. The van der Waals surface area contributed by atoms with Crippen molar-refractivity contribution in [2.75, 3.05) is 25.2 Å². The van der Waals surface area contributed by atoms with Gasteiger partial charge in [-0.1, -0.05) is 92.9 Å². The van der Waals surface area contributed by atoms with Gasteiger partial charge < -0.3 is 9.47 Å². The van der Waals surface area contributed by atoms with Gasteiger partial charge in [0.15, 0.2) is 0 Å². The molecule has 0 N–H and O–H groups in total. The molecule has 0 amide bonds. The average Bonchev–Trinajstić information content (AvgIpc) is 2.95. The Morgan fingerprint density at radius 1 is 0.682 bits per heavy atom. The predicted octanol–water partition coefficient (Wildman–Crippen LogP) is 9.97. The molecule has 0 heterocycles. The summed E-state index contributed by atoms with van der Waals surface area (Å²) in [5, 5.41) is 4.91. The second-order valence-electron chi connectivity index (χ2n) is 13.4. The monoisotopic (exact) mass is 920 g/mol. The SMILES string of the molecule is CSCCCOc1c(Br)cc(C(C)(C)c2cc(Br)c(OCCC[Si](C)(C)c3cc([SiH](C)C)cc([SiH](C)C)c3)c(Br)c2)cc1Br. The van der Waals surface area contributed by atoms with Crippen LogP contribution in [0, 0.1) is 0 Å². The molecule has 0 aromatic heterocycles. The molecule has 3 rings (SSSR count). The third kappa shape index (κ3) is 10.1. The number of hydrogen-bond acceptors (Lipinski definition) is 3. The van der Waals surface area contributed by atoms with Gasteiger partial charge in [-0.3, -0.25) is 0 Å². The number of thioether (sulfide) groups is 1. The minimum atomic E-state index is -1.57. The summed E-state index contributed by atoms with van der Waals surface area (Å²) < 4.78 is 16.4. The van der Waals surface area contributed by atoms with E-state index >= 15 is 0 Å². The lowest BCUT2D eigenvalue weighted by Crippen LogP contribution is -2.47. The summed E-state index contributed by atoms with van der Waals surface area (Å²) in [6.07, 6.45) is 4.20. The van der Waals surface area contributed by atoms with Gasteiger partial charge in [0.25, 0.3) is 0 Å². The third-order valence-electron chi connectivity index (χ3n) is 8.46. The predicted molar refractivity (Wildman–Crippen MR) is 220 cm³/mol. The van der Waals surface area contributed by atoms with Crippen LogP contribution >= 0.6 is 75.5 Å². The molecule has 0 saturated carbocycles. The molecule has 0 aliphatic heterocycles. The molecule has 10 heteroatoms. The lowest BCUT2D eigenvalue weighted by Gasteiger charge is -2.28. The zero-order valence-electron chi connectivity index (χ0n) is 27.7. The molecule has 0 unspecified atom stereocenters. The molecule has 3 aromatic rings. The Kier molecular flexibility index (Phi) is 14.9. The summed E-state index contributed by atoms with van der Waals surface area (Å²) in [7, 11) is -3.25. The van der Waals surface area contributed by atoms with Crippen LogP contribution in [-0.4, -0.2) is 50.9 Å². The highest BCUT2D eigenvalue weighted by molar-refractivity contribution is 9.11. The van der Waals surface area contributed by atoms with Crippen molar-refractivity contribution in [3.63, 3.8) is 0 Å². The van der Waals surface area contributed by atoms with Gasteiger partial charge in [0.2, 0.25) is 0 Å². The highest BCUT2D eigenvalue weighted by Crippen LogP contribution is 2.44. The minimum absolute atomic E-state index is 0.243. The first-order chi connectivity index (χ1) is 20.6. The molecule has 0 aliphatic rings. The highest BCUT2D eigenvalue weighted by atomic mass is 79.9. The maximum Gasteiger partial charge on any atom is 0.147 e. The zero-order chi connectivity index (χ0) is 32.8.